The van der Waals surface area contributed by atoms with Crippen LogP contribution >= 0.6 is 0 Å². The van der Waals surface area contributed by atoms with Gasteiger partial charge in [0.2, 0.25) is 5.91 Å². The summed E-state index contributed by atoms with van der Waals surface area (Å²) in [5, 5.41) is 3.16. The molecule has 2 rings (SSSR count). The molecule has 3 heteroatoms. The topological polar surface area (TPSA) is 38.3 Å². The van der Waals surface area contributed by atoms with Crippen LogP contribution < -0.4 is 5.32 Å². The maximum atomic E-state index is 12.5. The molecule has 1 N–H and O–H groups in total. The minimum absolute atomic E-state index is 0.0272. The Morgan fingerprint density at radius 2 is 2.10 bits per heavy atom. The fourth-order valence-electron chi connectivity index (χ4n) is 2.66. The van der Waals surface area contributed by atoms with E-state index in [-0.39, 0.29) is 17.9 Å². The molecule has 110 valence electrons. The van der Waals surface area contributed by atoms with E-state index in [0.29, 0.717) is 12.5 Å². The Balaban J connectivity index is 1.95. The van der Waals surface area contributed by atoms with Gasteiger partial charge in [-0.2, -0.15) is 0 Å². The van der Waals surface area contributed by atoms with Crippen molar-refractivity contribution >= 4 is 5.91 Å². The number of rotatable bonds is 5. The molecular formula is C17H25NO2. The zero-order valence-corrected chi connectivity index (χ0v) is 12.5. The second kappa shape index (κ2) is 7.44. The lowest BCUT2D eigenvalue weighted by molar-refractivity contribution is -0.128. The van der Waals surface area contributed by atoms with Gasteiger partial charge in [-0.05, 0) is 30.7 Å². The highest BCUT2D eigenvalue weighted by atomic mass is 16.5. The molecule has 1 heterocycles. The summed E-state index contributed by atoms with van der Waals surface area (Å²) in [6.07, 6.45) is 2.87. The highest BCUT2D eigenvalue weighted by Crippen LogP contribution is 2.18. The van der Waals surface area contributed by atoms with Gasteiger partial charge in [-0.25, -0.2) is 0 Å². The van der Waals surface area contributed by atoms with Gasteiger partial charge in [-0.1, -0.05) is 44.2 Å². The van der Waals surface area contributed by atoms with E-state index in [4.69, 9.17) is 4.74 Å². The van der Waals surface area contributed by atoms with E-state index in [1.807, 2.05) is 18.2 Å². The standard InChI is InChI=1S/C17H25NO2/c1-13(2)16(11-14-7-4-3-5-8-14)17(19)18-15-9-6-10-20-12-15/h3-5,7-8,13,15-16H,6,9-12H2,1-2H3,(H,18,19)/t15-,16+/m0/s1. The number of carbonyl (C=O) groups excluding carboxylic acids is 1. The molecule has 1 saturated heterocycles. The third-order valence-corrected chi connectivity index (χ3v) is 3.95. The Labute approximate surface area is 121 Å². The third-order valence-electron chi connectivity index (χ3n) is 3.95. The van der Waals surface area contributed by atoms with Crippen molar-refractivity contribution in [1.29, 1.82) is 0 Å². The summed E-state index contributed by atoms with van der Waals surface area (Å²) in [5.41, 5.74) is 1.22. The number of ether oxygens (including phenoxy) is 1. The van der Waals surface area contributed by atoms with Gasteiger partial charge < -0.3 is 10.1 Å². The number of hydrogen-bond donors (Lipinski definition) is 1. The first-order chi connectivity index (χ1) is 9.66. The summed E-state index contributed by atoms with van der Waals surface area (Å²) in [5.74, 6) is 0.526. The fraction of sp³-hybridized carbons (Fsp3) is 0.588. The number of benzene rings is 1. The first-order valence-electron chi connectivity index (χ1n) is 7.59. The van der Waals surface area contributed by atoms with Gasteiger partial charge in [-0.3, -0.25) is 4.79 Å². The van der Waals surface area contributed by atoms with Gasteiger partial charge in [0.25, 0.3) is 0 Å². The Kier molecular flexibility index (Phi) is 5.60. The summed E-state index contributed by atoms with van der Waals surface area (Å²) >= 11 is 0. The first kappa shape index (κ1) is 15.0. The van der Waals surface area contributed by atoms with Gasteiger partial charge in [-0.15, -0.1) is 0 Å². The van der Waals surface area contributed by atoms with Crippen molar-refractivity contribution in [2.24, 2.45) is 11.8 Å². The molecule has 1 amide bonds. The normalized spacial score (nSPS) is 20.6. The van der Waals surface area contributed by atoms with Crippen LogP contribution in [0.4, 0.5) is 0 Å². The van der Waals surface area contributed by atoms with Gasteiger partial charge in [0, 0.05) is 12.5 Å². The van der Waals surface area contributed by atoms with Crippen molar-refractivity contribution in [2.45, 2.75) is 39.2 Å². The minimum Gasteiger partial charge on any atom is -0.379 e. The number of carbonyl (C=O) groups is 1. The smallest absolute Gasteiger partial charge is 0.223 e. The molecule has 3 nitrogen and oxygen atoms in total. The average Bonchev–Trinajstić information content (AvgIpc) is 2.46. The number of amides is 1. The zero-order chi connectivity index (χ0) is 14.4. The van der Waals surface area contributed by atoms with Crippen LogP contribution in [0.15, 0.2) is 30.3 Å². The van der Waals surface area contributed by atoms with Crippen molar-refractivity contribution < 1.29 is 9.53 Å². The van der Waals surface area contributed by atoms with E-state index < -0.39 is 0 Å². The molecular weight excluding hydrogens is 250 g/mol. The van der Waals surface area contributed by atoms with E-state index in [0.717, 1.165) is 25.9 Å². The van der Waals surface area contributed by atoms with Crippen LogP contribution in [0, 0.1) is 11.8 Å². The molecule has 20 heavy (non-hydrogen) atoms. The molecule has 2 atom stereocenters. The maximum Gasteiger partial charge on any atom is 0.223 e. The van der Waals surface area contributed by atoms with Crippen molar-refractivity contribution in [3.63, 3.8) is 0 Å². The molecule has 0 unspecified atom stereocenters. The van der Waals surface area contributed by atoms with Crippen LogP contribution in [-0.4, -0.2) is 25.2 Å². The van der Waals surface area contributed by atoms with Crippen molar-refractivity contribution in [1.82, 2.24) is 5.32 Å². The predicted octanol–water partition coefficient (Wildman–Crippen LogP) is 2.80. The van der Waals surface area contributed by atoms with Crippen LogP contribution in [0.1, 0.15) is 32.3 Å². The van der Waals surface area contributed by atoms with Crippen molar-refractivity contribution in [2.75, 3.05) is 13.2 Å². The van der Waals surface area contributed by atoms with E-state index in [9.17, 15) is 4.79 Å². The molecule has 0 bridgehead atoms. The summed E-state index contributed by atoms with van der Waals surface area (Å²) in [4.78, 5) is 12.5. The van der Waals surface area contributed by atoms with E-state index in [1.165, 1.54) is 5.56 Å². The Bertz CT molecular complexity index is 410. The summed E-state index contributed by atoms with van der Waals surface area (Å²) in [7, 11) is 0. The van der Waals surface area contributed by atoms with E-state index in [2.05, 4.69) is 31.3 Å². The number of nitrogens with one attached hydrogen (secondary N) is 1. The van der Waals surface area contributed by atoms with Gasteiger partial charge in [0.15, 0.2) is 0 Å². The lowest BCUT2D eigenvalue weighted by Gasteiger charge is -2.27. The monoisotopic (exact) mass is 275 g/mol. The highest BCUT2D eigenvalue weighted by Gasteiger charge is 2.25. The molecule has 1 fully saturated rings. The third kappa shape index (κ3) is 4.34. The van der Waals surface area contributed by atoms with Gasteiger partial charge in [0.05, 0.1) is 12.6 Å². The van der Waals surface area contributed by atoms with Crippen LogP contribution in [0.5, 0.6) is 0 Å². The SMILES string of the molecule is CC(C)[C@@H](Cc1ccccc1)C(=O)N[C@H]1CCCOC1. The molecule has 1 aliphatic heterocycles. The van der Waals surface area contributed by atoms with Crippen molar-refractivity contribution in [3.05, 3.63) is 35.9 Å². The van der Waals surface area contributed by atoms with Gasteiger partial charge in [0.1, 0.15) is 0 Å². The lowest BCUT2D eigenvalue weighted by atomic mass is 9.88. The molecule has 1 aliphatic rings. The second-order valence-electron chi connectivity index (χ2n) is 5.96. The van der Waals surface area contributed by atoms with E-state index in [1.54, 1.807) is 0 Å². The Hall–Kier alpha value is -1.35. The lowest BCUT2D eigenvalue weighted by Crippen LogP contribution is -2.45. The maximum absolute atomic E-state index is 12.5. The van der Waals surface area contributed by atoms with Crippen molar-refractivity contribution in [3.8, 4) is 0 Å². The highest BCUT2D eigenvalue weighted by molar-refractivity contribution is 5.79. The molecule has 0 aromatic heterocycles. The second-order valence-corrected chi connectivity index (χ2v) is 5.96. The van der Waals surface area contributed by atoms with Crippen LogP contribution in [0.2, 0.25) is 0 Å². The largest absolute Gasteiger partial charge is 0.379 e. The van der Waals surface area contributed by atoms with Crippen LogP contribution in [0.3, 0.4) is 0 Å². The zero-order valence-electron chi connectivity index (χ0n) is 12.5. The number of hydrogen-bond acceptors (Lipinski definition) is 2. The Morgan fingerprint density at radius 1 is 1.35 bits per heavy atom. The van der Waals surface area contributed by atoms with Crippen LogP contribution in [-0.2, 0) is 16.0 Å². The molecule has 0 spiro atoms. The Morgan fingerprint density at radius 3 is 2.70 bits per heavy atom. The summed E-state index contributed by atoms with van der Waals surface area (Å²) < 4.78 is 5.43. The summed E-state index contributed by atoms with van der Waals surface area (Å²) in [6.45, 7) is 5.71. The molecule has 0 radical (unpaired) electrons. The van der Waals surface area contributed by atoms with Crippen LogP contribution in [0.25, 0.3) is 0 Å². The molecule has 0 saturated carbocycles. The minimum atomic E-state index is 0.0272. The fourth-order valence-corrected chi connectivity index (χ4v) is 2.66. The van der Waals surface area contributed by atoms with E-state index >= 15 is 0 Å². The first-order valence-corrected chi connectivity index (χ1v) is 7.59. The molecule has 1 aromatic carbocycles. The molecule has 1 aromatic rings. The average molecular weight is 275 g/mol. The predicted molar refractivity (Wildman–Crippen MR) is 80.5 cm³/mol. The molecule has 0 aliphatic carbocycles. The summed E-state index contributed by atoms with van der Waals surface area (Å²) in [6, 6.07) is 10.4. The quantitative estimate of drug-likeness (QED) is 0.897. The van der Waals surface area contributed by atoms with Gasteiger partial charge >= 0.3 is 0 Å².